The molecule has 1 atom stereocenters. The van der Waals surface area contributed by atoms with E-state index < -0.39 is 20.8 Å². The van der Waals surface area contributed by atoms with E-state index in [0.717, 1.165) is 0 Å². The van der Waals surface area contributed by atoms with Crippen molar-refractivity contribution in [3.05, 3.63) is 35.4 Å². The Hall–Kier alpha value is -1.23. The van der Waals surface area contributed by atoms with Crippen LogP contribution < -0.4 is 4.72 Å². The van der Waals surface area contributed by atoms with Gasteiger partial charge in [-0.2, -0.15) is 5.26 Å². The Morgan fingerprint density at radius 2 is 1.95 bits per heavy atom. The first kappa shape index (κ1) is 15.8. The van der Waals surface area contributed by atoms with E-state index in [1.807, 2.05) is 6.07 Å². The Labute approximate surface area is 116 Å². The van der Waals surface area contributed by atoms with Gasteiger partial charge in [-0.3, -0.25) is 4.21 Å². The van der Waals surface area contributed by atoms with E-state index in [0.29, 0.717) is 23.3 Å². The van der Waals surface area contributed by atoms with E-state index in [4.69, 9.17) is 5.26 Å². The number of hydrogen-bond donors (Lipinski definition) is 1. The minimum absolute atomic E-state index is 0.117. The molecule has 1 rings (SSSR count). The van der Waals surface area contributed by atoms with Crippen LogP contribution in [0.4, 0.5) is 0 Å². The monoisotopic (exact) mass is 300 g/mol. The molecular formula is C12H16N2O3S2. The van der Waals surface area contributed by atoms with Crippen LogP contribution in [-0.4, -0.2) is 31.2 Å². The van der Waals surface area contributed by atoms with Crippen LogP contribution in [0, 0.1) is 11.3 Å². The van der Waals surface area contributed by atoms with Crippen molar-refractivity contribution in [1.29, 1.82) is 5.26 Å². The molecule has 1 unspecified atom stereocenters. The Kier molecular flexibility index (Phi) is 6.15. The van der Waals surface area contributed by atoms with Crippen LogP contribution in [0.5, 0.6) is 0 Å². The summed E-state index contributed by atoms with van der Waals surface area (Å²) in [5, 5.41) is 8.64. The molecular weight excluding hydrogens is 284 g/mol. The molecule has 104 valence electrons. The van der Waals surface area contributed by atoms with Crippen LogP contribution in [0.25, 0.3) is 0 Å². The number of nitriles is 1. The zero-order chi connectivity index (χ0) is 14.3. The third-order valence-electron chi connectivity index (χ3n) is 2.37. The lowest BCUT2D eigenvalue weighted by Crippen LogP contribution is -2.27. The summed E-state index contributed by atoms with van der Waals surface area (Å²) in [6.45, 7) is 0.290. The third kappa shape index (κ3) is 6.47. The number of nitrogens with zero attached hydrogens (tertiary/aromatic N) is 1. The minimum atomic E-state index is -3.38. The van der Waals surface area contributed by atoms with Gasteiger partial charge in [0.05, 0.1) is 17.4 Å². The van der Waals surface area contributed by atoms with Crippen LogP contribution in [0.15, 0.2) is 24.3 Å². The van der Waals surface area contributed by atoms with Crippen LogP contribution in [0.2, 0.25) is 0 Å². The molecule has 0 spiro atoms. The van der Waals surface area contributed by atoms with Crippen molar-refractivity contribution in [2.45, 2.75) is 12.2 Å². The van der Waals surface area contributed by atoms with E-state index in [-0.39, 0.29) is 12.3 Å². The van der Waals surface area contributed by atoms with Gasteiger partial charge in [0.1, 0.15) is 0 Å². The van der Waals surface area contributed by atoms with Crippen molar-refractivity contribution in [1.82, 2.24) is 4.72 Å². The summed E-state index contributed by atoms with van der Waals surface area (Å²) < 4.78 is 36.8. The molecule has 0 heterocycles. The number of hydrogen-bond acceptors (Lipinski definition) is 4. The molecule has 7 heteroatoms. The lowest BCUT2D eigenvalue weighted by molar-refractivity contribution is 0.580. The van der Waals surface area contributed by atoms with E-state index in [1.165, 1.54) is 0 Å². The lowest BCUT2D eigenvalue weighted by atomic mass is 10.2. The summed E-state index contributed by atoms with van der Waals surface area (Å²) in [6, 6.07) is 8.40. The summed E-state index contributed by atoms with van der Waals surface area (Å²) in [7, 11) is -4.28. The highest BCUT2D eigenvalue weighted by Crippen LogP contribution is 2.07. The second-order valence-electron chi connectivity index (χ2n) is 4.09. The average molecular weight is 300 g/mol. The Morgan fingerprint density at radius 1 is 1.32 bits per heavy atom. The smallest absolute Gasteiger partial charge is 0.215 e. The molecule has 0 radical (unpaired) electrons. The van der Waals surface area contributed by atoms with Crippen LogP contribution in [0.1, 0.15) is 17.5 Å². The molecule has 0 aliphatic heterocycles. The molecule has 0 bridgehead atoms. The fraction of sp³-hybridized carbons (Fsp3) is 0.417. The van der Waals surface area contributed by atoms with Gasteiger partial charge in [-0.15, -0.1) is 0 Å². The molecule has 0 aliphatic rings. The molecule has 1 N–H and O–H groups in total. The predicted octanol–water partition coefficient (Wildman–Crippen LogP) is 0.746. The largest absolute Gasteiger partial charge is 0.260 e. The molecule has 0 saturated carbocycles. The zero-order valence-electron chi connectivity index (χ0n) is 10.6. The summed E-state index contributed by atoms with van der Waals surface area (Å²) >= 11 is 0. The number of benzene rings is 1. The van der Waals surface area contributed by atoms with Crippen molar-refractivity contribution < 1.29 is 12.6 Å². The normalized spacial score (nSPS) is 12.8. The third-order valence-corrected chi connectivity index (χ3v) is 4.59. The summed E-state index contributed by atoms with van der Waals surface area (Å²) in [6.07, 6.45) is 2.14. The molecule has 0 aliphatic carbocycles. The molecule has 0 saturated heterocycles. The highest BCUT2D eigenvalue weighted by atomic mass is 32.2. The van der Waals surface area contributed by atoms with Crippen LogP contribution in [-0.2, 0) is 26.6 Å². The molecule has 0 aromatic heterocycles. The van der Waals surface area contributed by atoms with Gasteiger partial charge in [-0.05, 0) is 24.1 Å². The summed E-state index contributed by atoms with van der Waals surface area (Å²) in [4.78, 5) is 0. The summed E-state index contributed by atoms with van der Waals surface area (Å²) in [5.41, 5.74) is 1.13. The first-order valence-corrected chi connectivity index (χ1v) is 9.07. The zero-order valence-corrected chi connectivity index (χ0v) is 12.3. The van der Waals surface area contributed by atoms with Crippen molar-refractivity contribution in [3.8, 4) is 6.07 Å². The van der Waals surface area contributed by atoms with Gasteiger partial charge in [0.2, 0.25) is 10.0 Å². The van der Waals surface area contributed by atoms with Crippen LogP contribution >= 0.6 is 0 Å². The van der Waals surface area contributed by atoms with Gasteiger partial charge < -0.3 is 0 Å². The van der Waals surface area contributed by atoms with E-state index in [9.17, 15) is 12.6 Å². The van der Waals surface area contributed by atoms with Gasteiger partial charge in [-0.25, -0.2) is 13.1 Å². The van der Waals surface area contributed by atoms with Crippen molar-refractivity contribution in [2.75, 3.05) is 18.6 Å². The second kappa shape index (κ2) is 7.38. The van der Waals surface area contributed by atoms with Gasteiger partial charge >= 0.3 is 0 Å². The van der Waals surface area contributed by atoms with Crippen molar-refractivity contribution >= 4 is 20.8 Å². The molecule has 5 nitrogen and oxygen atoms in total. The maximum absolute atomic E-state index is 11.7. The fourth-order valence-electron chi connectivity index (χ4n) is 1.45. The molecule has 0 fully saturated rings. The summed E-state index contributed by atoms with van der Waals surface area (Å²) in [5.74, 6) is 0.368. The fourth-order valence-corrected chi connectivity index (χ4v) is 3.19. The van der Waals surface area contributed by atoms with E-state index in [2.05, 4.69) is 4.72 Å². The van der Waals surface area contributed by atoms with Gasteiger partial charge in [0, 0.05) is 29.4 Å². The molecule has 1 aromatic rings. The van der Waals surface area contributed by atoms with Crippen molar-refractivity contribution in [3.63, 3.8) is 0 Å². The standard InChI is InChI=1S/C12H16N2O3S2/c1-18(15)8-2-7-14-19(16,17)10-12-5-3-11(9-13)4-6-12/h3-6,14H,2,7-8,10H2,1H3. The van der Waals surface area contributed by atoms with Gasteiger partial charge in [0.15, 0.2) is 0 Å². The molecule has 1 aromatic carbocycles. The Balaban J connectivity index is 2.49. The highest BCUT2D eigenvalue weighted by molar-refractivity contribution is 7.88. The molecule has 19 heavy (non-hydrogen) atoms. The van der Waals surface area contributed by atoms with E-state index in [1.54, 1.807) is 30.5 Å². The first-order valence-electron chi connectivity index (χ1n) is 5.69. The highest BCUT2D eigenvalue weighted by Gasteiger charge is 2.10. The Morgan fingerprint density at radius 3 is 2.47 bits per heavy atom. The number of nitrogens with one attached hydrogen (secondary N) is 1. The SMILES string of the molecule is CS(=O)CCCNS(=O)(=O)Cc1ccc(C#N)cc1. The lowest BCUT2D eigenvalue weighted by Gasteiger charge is -2.06. The van der Waals surface area contributed by atoms with E-state index >= 15 is 0 Å². The van der Waals surface area contributed by atoms with Gasteiger partial charge in [0.25, 0.3) is 0 Å². The topological polar surface area (TPSA) is 87.0 Å². The van der Waals surface area contributed by atoms with Crippen LogP contribution in [0.3, 0.4) is 0 Å². The first-order chi connectivity index (χ1) is 8.93. The number of rotatable bonds is 7. The average Bonchev–Trinajstić information content (AvgIpc) is 2.35. The quantitative estimate of drug-likeness (QED) is 0.753. The maximum Gasteiger partial charge on any atom is 0.215 e. The Bertz CT molecular complexity index is 574. The second-order valence-corrected chi connectivity index (χ2v) is 7.45. The number of sulfonamides is 1. The molecule has 0 amide bonds. The predicted molar refractivity (Wildman–Crippen MR) is 75.3 cm³/mol. The minimum Gasteiger partial charge on any atom is -0.260 e. The van der Waals surface area contributed by atoms with Crippen molar-refractivity contribution in [2.24, 2.45) is 0 Å². The maximum atomic E-state index is 11.7. The van der Waals surface area contributed by atoms with Gasteiger partial charge in [-0.1, -0.05) is 12.1 Å².